The molecule has 4 heteroatoms. The van der Waals surface area contributed by atoms with Crippen molar-refractivity contribution in [2.24, 2.45) is 7.05 Å². The van der Waals surface area contributed by atoms with E-state index in [9.17, 15) is 4.39 Å². The molecule has 3 rings (SSSR count). The van der Waals surface area contributed by atoms with E-state index in [4.69, 9.17) is 0 Å². The van der Waals surface area contributed by atoms with E-state index in [2.05, 4.69) is 22.4 Å². The molecule has 1 aromatic heterocycles. The molecule has 1 heterocycles. The second kappa shape index (κ2) is 5.06. The van der Waals surface area contributed by atoms with Crippen LogP contribution in [-0.4, -0.2) is 16.6 Å². The molecule has 0 saturated heterocycles. The van der Waals surface area contributed by atoms with Crippen LogP contribution >= 0.6 is 0 Å². The Labute approximate surface area is 117 Å². The van der Waals surface area contributed by atoms with Crippen molar-refractivity contribution in [3.05, 3.63) is 53.8 Å². The summed E-state index contributed by atoms with van der Waals surface area (Å²) in [6.45, 7) is 0.826. The van der Waals surface area contributed by atoms with Crippen LogP contribution in [0.5, 0.6) is 0 Å². The van der Waals surface area contributed by atoms with Crippen LogP contribution < -0.4 is 5.32 Å². The fourth-order valence-corrected chi connectivity index (χ4v) is 2.41. The molecule has 0 bridgehead atoms. The molecule has 0 fully saturated rings. The normalized spacial score (nSPS) is 11.2. The molecule has 102 valence electrons. The van der Waals surface area contributed by atoms with E-state index < -0.39 is 0 Å². The van der Waals surface area contributed by atoms with Crippen LogP contribution in [0, 0.1) is 5.82 Å². The van der Waals surface area contributed by atoms with Gasteiger partial charge in [-0.25, -0.2) is 9.37 Å². The van der Waals surface area contributed by atoms with E-state index in [0.29, 0.717) is 0 Å². The van der Waals surface area contributed by atoms with Gasteiger partial charge >= 0.3 is 0 Å². The summed E-state index contributed by atoms with van der Waals surface area (Å²) < 4.78 is 15.1. The summed E-state index contributed by atoms with van der Waals surface area (Å²) in [5, 5.41) is 3.14. The Bertz CT molecular complexity index is 744. The number of aryl methyl sites for hydroxylation is 1. The van der Waals surface area contributed by atoms with Gasteiger partial charge in [0.2, 0.25) is 0 Å². The summed E-state index contributed by atoms with van der Waals surface area (Å²) in [5.41, 5.74) is 4.16. The molecule has 0 aliphatic heterocycles. The predicted molar refractivity (Wildman–Crippen MR) is 78.9 cm³/mol. The quantitative estimate of drug-likeness (QED) is 0.792. The van der Waals surface area contributed by atoms with Gasteiger partial charge in [0, 0.05) is 19.2 Å². The highest BCUT2D eigenvalue weighted by atomic mass is 19.1. The van der Waals surface area contributed by atoms with Crippen LogP contribution in [0.1, 0.15) is 5.56 Å². The smallest absolute Gasteiger partial charge is 0.140 e. The first-order valence-electron chi connectivity index (χ1n) is 6.55. The number of hydrogen-bond acceptors (Lipinski definition) is 2. The molecule has 0 aliphatic carbocycles. The minimum atomic E-state index is -0.233. The first kappa shape index (κ1) is 12.8. The van der Waals surface area contributed by atoms with Crippen molar-refractivity contribution >= 4 is 11.0 Å². The number of hydrogen-bond donors (Lipinski definition) is 1. The first-order valence-corrected chi connectivity index (χ1v) is 6.55. The lowest BCUT2D eigenvalue weighted by Crippen LogP contribution is -2.04. The van der Waals surface area contributed by atoms with Gasteiger partial charge in [0.1, 0.15) is 11.6 Å². The van der Waals surface area contributed by atoms with Crippen LogP contribution in [0.3, 0.4) is 0 Å². The Hall–Kier alpha value is -2.20. The second-order valence-electron chi connectivity index (χ2n) is 4.85. The van der Waals surface area contributed by atoms with Crippen molar-refractivity contribution in [2.75, 3.05) is 7.05 Å². The van der Waals surface area contributed by atoms with Crippen LogP contribution in [0.15, 0.2) is 42.5 Å². The topological polar surface area (TPSA) is 29.9 Å². The molecule has 0 radical (unpaired) electrons. The third-order valence-corrected chi connectivity index (χ3v) is 3.43. The van der Waals surface area contributed by atoms with E-state index in [1.165, 1.54) is 17.7 Å². The molecule has 0 atom stereocenters. The minimum absolute atomic E-state index is 0.233. The molecular formula is C16H16FN3. The average molecular weight is 269 g/mol. The molecule has 0 aliphatic rings. The summed E-state index contributed by atoms with van der Waals surface area (Å²) >= 11 is 0. The highest BCUT2D eigenvalue weighted by Crippen LogP contribution is 2.24. The number of nitrogens with zero attached hydrogens (tertiary/aromatic N) is 2. The summed E-state index contributed by atoms with van der Waals surface area (Å²) in [7, 11) is 3.91. The largest absolute Gasteiger partial charge is 0.327 e. The Morgan fingerprint density at radius 2 is 1.90 bits per heavy atom. The Morgan fingerprint density at radius 1 is 1.15 bits per heavy atom. The van der Waals surface area contributed by atoms with Crippen LogP contribution in [0.25, 0.3) is 22.4 Å². The molecule has 0 unspecified atom stereocenters. The van der Waals surface area contributed by atoms with Crippen molar-refractivity contribution in [1.82, 2.24) is 14.9 Å². The molecule has 20 heavy (non-hydrogen) atoms. The molecule has 0 amide bonds. The van der Waals surface area contributed by atoms with Gasteiger partial charge in [-0.2, -0.15) is 0 Å². The van der Waals surface area contributed by atoms with Gasteiger partial charge in [0.05, 0.1) is 11.0 Å². The minimum Gasteiger partial charge on any atom is -0.327 e. The molecule has 0 saturated carbocycles. The summed E-state index contributed by atoms with van der Waals surface area (Å²) in [6, 6.07) is 12.7. The lowest BCUT2D eigenvalue weighted by molar-refractivity contribution is 0.628. The van der Waals surface area contributed by atoms with E-state index in [1.807, 2.05) is 24.7 Å². The maximum absolute atomic E-state index is 13.0. The molecule has 1 N–H and O–H groups in total. The van der Waals surface area contributed by atoms with Gasteiger partial charge in [-0.3, -0.25) is 0 Å². The SMILES string of the molecule is CNCc1ccc2nc(-c3ccc(F)cc3)n(C)c2c1. The molecular weight excluding hydrogens is 253 g/mol. The van der Waals surface area contributed by atoms with Crippen LogP contribution in [0.4, 0.5) is 4.39 Å². The van der Waals surface area contributed by atoms with E-state index in [1.54, 1.807) is 12.1 Å². The van der Waals surface area contributed by atoms with E-state index >= 15 is 0 Å². The van der Waals surface area contributed by atoms with Gasteiger partial charge in [-0.1, -0.05) is 6.07 Å². The summed E-state index contributed by atoms with van der Waals surface area (Å²) in [5.74, 6) is 0.616. The molecule has 0 spiro atoms. The maximum Gasteiger partial charge on any atom is 0.140 e. The Kier molecular flexibility index (Phi) is 3.24. The molecule has 2 aromatic carbocycles. The summed E-state index contributed by atoms with van der Waals surface area (Å²) in [4.78, 5) is 4.63. The number of fused-ring (bicyclic) bond motifs is 1. The van der Waals surface area contributed by atoms with Gasteiger partial charge in [0.25, 0.3) is 0 Å². The van der Waals surface area contributed by atoms with Crippen molar-refractivity contribution in [3.63, 3.8) is 0 Å². The average Bonchev–Trinajstić information content (AvgIpc) is 2.78. The monoisotopic (exact) mass is 269 g/mol. The fraction of sp³-hybridized carbons (Fsp3) is 0.188. The van der Waals surface area contributed by atoms with Crippen molar-refractivity contribution < 1.29 is 4.39 Å². The predicted octanol–water partition coefficient (Wildman–Crippen LogP) is 3.10. The third kappa shape index (κ3) is 2.18. The molecule has 3 nitrogen and oxygen atoms in total. The van der Waals surface area contributed by atoms with Gasteiger partial charge in [0.15, 0.2) is 0 Å². The zero-order valence-electron chi connectivity index (χ0n) is 11.5. The number of aromatic nitrogens is 2. The fourth-order valence-electron chi connectivity index (χ4n) is 2.41. The number of halogens is 1. The van der Waals surface area contributed by atoms with Gasteiger partial charge in [-0.15, -0.1) is 0 Å². The Balaban J connectivity index is 2.12. The van der Waals surface area contributed by atoms with Crippen molar-refractivity contribution in [1.29, 1.82) is 0 Å². The number of imidazole rings is 1. The number of benzene rings is 2. The highest BCUT2D eigenvalue weighted by Gasteiger charge is 2.10. The van der Waals surface area contributed by atoms with Gasteiger partial charge in [-0.05, 0) is 49.0 Å². The zero-order valence-corrected chi connectivity index (χ0v) is 11.5. The van der Waals surface area contributed by atoms with E-state index in [-0.39, 0.29) is 5.82 Å². The standard InChI is InChI=1S/C16H16FN3/c1-18-10-11-3-8-14-15(9-11)20(2)16(19-14)12-4-6-13(17)7-5-12/h3-9,18H,10H2,1-2H3. The maximum atomic E-state index is 13.0. The van der Waals surface area contributed by atoms with Crippen molar-refractivity contribution in [3.8, 4) is 11.4 Å². The van der Waals surface area contributed by atoms with E-state index in [0.717, 1.165) is 29.0 Å². The highest BCUT2D eigenvalue weighted by molar-refractivity contribution is 5.81. The van der Waals surface area contributed by atoms with Crippen LogP contribution in [-0.2, 0) is 13.6 Å². The third-order valence-electron chi connectivity index (χ3n) is 3.43. The lowest BCUT2D eigenvalue weighted by Gasteiger charge is -2.03. The van der Waals surface area contributed by atoms with Crippen LogP contribution in [0.2, 0.25) is 0 Å². The summed E-state index contributed by atoms with van der Waals surface area (Å²) in [6.07, 6.45) is 0. The Morgan fingerprint density at radius 3 is 2.60 bits per heavy atom. The second-order valence-corrected chi connectivity index (χ2v) is 4.85. The molecule has 3 aromatic rings. The van der Waals surface area contributed by atoms with Gasteiger partial charge < -0.3 is 9.88 Å². The lowest BCUT2D eigenvalue weighted by atomic mass is 10.2. The number of nitrogens with one attached hydrogen (secondary N) is 1. The number of rotatable bonds is 3. The van der Waals surface area contributed by atoms with Crippen molar-refractivity contribution in [2.45, 2.75) is 6.54 Å². The zero-order chi connectivity index (χ0) is 14.1. The first-order chi connectivity index (χ1) is 9.69.